The van der Waals surface area contributed by atoms with Crippen molar-refractivity contribution in [3.63, 3.8) is 0 Å². The van der Waals surface area contributed by atoms with Gasteiger partial charge in [-0.05, 0) is 32.1 Å². The molecule has 0 amide bonds. The van der Waals surface area contributed by atoms with Gasteiger partial charge >= 0.3 is 0 Å². The van der Waals surface area contributed by atoms with Gasteiger partial charge in [0, 0.05) is 6.04 Å². The lowest BCUT2D eigenvalue weighted by molar-refractivity contribution is -0.00452. The molecule has 2 atom stereocenters. The molecule has 1 aliphatic rings. The molecule has 0 aromatic rings. The Bertz CT molecular complexity index is 158. The van der Waals surface area contributed by atoms with Crippen LogP contribution in [0.15, 0.2) is 0 Å². The van der Waals surface area contributed by atoms with Crippen LogP contribution in [0, 0.1) is 5.92 Å². The molecule has 13 heavy (non-hydrogen) atoms. The van der Waals surface area contributed by atoms with Crippen LogP contribution in [0.1, 0.15) is 47.0 Å². The third-order valence-electron chi connectivity index (χ3n) is 2.80. The van der Waals surface area contributed by atoms with Crippen LogP contribution < -0.4 is 5.32 Å². The Labute approximate surface area is 82.0 Å². The molecule has 1 saturated heterocycles. The minimum Gasteiger partial charge on any atom is -0.359 e. The summed E-state index contributed by atoms with van der Waals surface area (Å²) in [4.78, 5) is 0. The standard InChI is InChI=1S/C11H23NO/c1-5-10-8-13-11(4,12-10)7-6-9(2)3/h9-10,12H,5-8H2,1-4H3. The highest BCUT2D eigenvalue weighted by Crippen LogP contribution is 2.24. The summed E-state index contributed by atoms with van der Waals surface area (Å²) in [6, 6.07) is 0.567. The van der Waals surface area contributed by atoms with Crippen molar-refractivity contribution < 1.29 is 4.74 Å². The fraction of sp³-hybridized carbons (Fsp3) is 1.00. The summed E-state index contributed by atoms with van der Waals surface area (Å²) in [6.45, 7) is 9.77. The van der Waals surface area contributed by atoms with Crippen LogP contribution in [0.2, 0.25) is 0 Å². The van der Waals surface area contributed by atoms with Gasteiger partial charge in [0.05, 0.1) is 6.61 Å². The van der Waals surface area contributed by atoms with Crippen LogP contribution >= 0.6 is 0 Å². The van der Waals surface area contributed by atoms with Gasteiger partial charge in [-0.2, -0.15) is 0 Å². The van der Waals surface area contributed by atoms with Gasteiger partial charge in [-0.3, -0.25) is 5.32 Å². The molecular formula is C11H23NO. The van der Waals surface area contributed by atoms with E-state index in [2.05, 4.69) is 33.0 Å². The van der Waals surface area contributed by atoms with Crippen LogP contribution in [0.3, 0.4) is 0 Å². The van der Waals surface area contributed by atoms with E-state index >= 15 is 0 Å². The molecular weight excluding hydrogens is 162 g/mol. The van der Waals surface area contributed by atoms with E-state index < -0.39 is 0 Å². The first-order valence-electron chi connectivity index (χ1n) is 5.47. The maximum atomic E-state index is 5.78. The van der Waals surface area contributed by atoms with E-state index in [1.807, 2.05) is 0 Å². The van der Waals surface area contributed by atoms with Gasteiger partial charge in [-0.15, -0.1) is 0 Å². The maximum absolute atomic E-state index is 5.78. The highest BCUT2D eigenvalue weighted by Gasteiger charge is 2.33. The van der Waals surface area contributed by atoms with Crippen LogP contribution in [0.5, 0.6) is 0 Å². The van der Waals surface area contributed by atoms with Crippen molar-refractivity contribution >= 4 is 0 Å². The van der Waals surface area contributed by atoms with Gasteiger partial charge in [0.1, 0.15) is 5.72 Å². The third kappa shape index (κ3) is 3.28. The van der Waals surface area contributed by atoms with Gasteiger partial charge in [0.25, 0.3) is 0 Å². The first-order chi connectivity index (χ1) is 6.06. The van der Waals surface area contributed by atoms with E-state index in [-0.39, 0.29) is 5.72 Å². The van der Waals surface area contributed by atoms with Crippen molar-refractivity contribution in [3.05, 3.63) is 0 Å². The zero-order valence-electron chi connectivity index (χ0n) is 9.39. The lowest BCUT2D eigenvalue weighted by Crippen LogP contribution is -2.41. The molecule has 2 heteroatoms. The number of nitrogens with one attached hydrogen (secondary N) is 1. The summed E-state index contributed by atoms with van der Waals surface area (Å²) >= 11 is 0. The molecule has 0 saturated carbocycles. The Morgan fingerprint density at radius 1 is 1.54 bits per heavy atom. The molecule has 1 N–H and O–H groups in total. The lowest BCUT2D eigenvalue weighted by Gasteiger charge is -2.25. The lowest BCUT2D eigenvalue weighted by atomic mass is 10.0. The van der Waals surface area contributed by atoms with E-state index in [4.69, 9.17) is 4.74 Å². The van der Waals surface area contributed by atoms with Crippen LogP contribution in [0.25, 0.3) is 0 Å². The summed E-state index contributed by atoms with van der Waals surface area (Å²) in [7, 11) is 0. The minimum atomic E-state index is -0.0506. The minimum absolute atomic E-state index is 0.0506. The van der Waals surface area contributed by atoms with Crippen molar-refractivity contribution in [2.45, 2.75) is 58.7 Å². The molecule has 1 rings (SSSR count). The van der Waals surface area contributed by atoms with Crippen molar-refractivity contribution in [2.75, 3.05) is 6.61 Å². The van der Waals surface area contributed by atoms with Crippen molar-refractivity contribution in [1.82, 2.24) is 5.32 Å². The van der Waals surface area contributed by atoms with Gasteiger partial charge < -0.3 is 4.74 Å². The Morgan fingerprint density at radius 3 is 2.69 bits per heavy atom. The molecule has 2 unspecified atom stereocenters. The van der Waals surface area contributed by atoms with E-state index in [0.717, 1.165) is 25.4 Å². The Kier molecular flexibility index (Phi) is 3.74. The Hall–Kier alpha value is -0.0800. The van der Waals surface area contributed by atoms with Crippen molar-refractivity contribution in [3.8, 4) is 0 Å². The third-order valence-corrected chi connectivity index (χ3v) is 2.80. The van der Waals surface area contributed by atoms with Crippen LogP contribution in [-0.2, 0) is 4.74 Å². The number of rotatable bonds is 4. The monoisotopic (exact) mass is 185 g/mol. The van der Waals surface area contributed by atoms with Gasteiger partial charge in [-0.1, -0.05) is 20.8 Å². The topological polar surface area (TPSA) is 21.3 Å². The predicted molar refractivity (Wildman–Crippen MR) is 55.6 cm³/mol. The number of ether oxygens (including phenoxy) is 1. The first kappa shape index (κ1) is 11.0. The average Bonchev–Trinajstić information content (AvgIpc) is 2.45. The second-order valence-electron chi connectivity index (χ2n) is 4.72. The predicted octanol–water partition coefficient (Wildman–Crippen LogP) is 2.54. The molecule has 0 spiro atoms. The number of hydrogen-bond acceptors (Lipinski definition) is 2. The second-order valence-corrected chi connectivity index (χ2v) is 4.72. The SMILES string of the molecule is CCC1COC(C)(CCC(C)C)N1. The van der Waals surface area contributed by atoms with Crippen LogP contribution in [0.4, 0.5) is 0 Å². The highest BCUT2D eigenvalue weighted by atomic mass is 16.5. The normalized spacial score (nSPS) is 34.4. The Balaban J connectivity index is 2.31. The molecule has 78 valence electrons. The summed E-state index contributed by atoms with van der Waals surface area (Å²) in [5, 5.41) is 3.55. The number of hydrogen-bond donors (Lipinski definition) is 1. The first-order valence-corrected chi connectivity index (χ1v) is 5.47. The fourth-order valence-electron chi connectivity index (χ4n) is 1.73. The molecule has 0 aromatic heterocycles. The molecule has 0 aromatic carbocycles. The molecule has 0 bridgehead atoms. The van der Waals surface area contributed by atoms with Gasteiger partial charge in [0.2, 0.25) is 0 Å². The molecule has 1 aliphatic heterocycles. The van der Waals surface area contributed by atoms with E-state index in [1.54, 1.807) is 0 Å². The van der Waals surface area contributed by atoms with E-state index in [9.17, 15) is 0 Å². The fourth-order valence-corrected chi connectivity index (χ4v) is 1.73. The molecule has 1 heterocycles. The smallest absolute Gasteiger partial charge is 0.116 e. The summed E-state index contributed by atoms with van der Waals surface area (Å²) in [5.74, 6) is 0.767. The average molecular weight is 185 g/mol. The van der Waals surface area contributed by atoms with Gasteiger partial charge in [0.15, 0.2) is 0 Å². The molecule has 1 fully saturated rings. The molecule has 0 aliphatic carbocycles. The summed E-state index contributed by atoms with van der Waals surface area (Å²) in [5.41, 5.74) is -0.0506. The zero-order chi connectivity index (χ0) is 9.90. The van der Waals surface area contributed by atoms with Crippen molar-refractivity contribution in [2.24, 2.45) is 5.92 Å². The summed E-state index contributed by atoms with van der Waals surface area (Å²) in [6.07, 6.45) is 3.53. The zero-order valence-corrected chi connectivity index (χ0v) is 9.39. The Morgan fingerprint density at radius 2 is 2.23 bits per heavy atom. The van der Waals surface area contributed by atoms with Crippen molar-refractivity contribution in [1.29, 1.82) is 0 Å². The second kappa shape index (κ2) is 4.43. The highest BCUT2D eigenvalue weighted by molar-refractivity contribution is 4.84. The van der Waals surface area contributed by atoms with E-state index in [0.29, 0.717) is 6.04 Å². The maximum Gasteiger partial charge on any atom is 0.116 e. The molecule has 2 nitrogen and oxygen atoms in total. The van der Waals surface area contributed by atoms with Crippen LogP contribution in [-0.4, -0.2) is 18.4 Å². The quantitative estimate of drug-likeness (QED) is 0.726. The largest absolute Gasteiger partial charge is 0.359 e. The van der Waals surface area contributed by atoms with E-state index in [1.165, 1.54) is 6.42 Å². The van der Waals surface area contributed by atoms with Gasteiger partial charge in [-0.25, -0.2) is 0 Å². The molecule has 0 radical (unpaired) electrons. The summed E-state index contributed by atoms with van der Waals surface area (Å²) < 4.78 is 5.78.